The predicted octanol–water partition coefficient (Wildman–Crippen LogP) is 1.47. The zero-order chi connectivity index (χ0) is 22.2. The first-order valence-electron chi connectivity index (χ1n) is 9.80. The first kappa shape index (κ1) is 21.1. The molecule has 2 aromatic rings. The van der Waals surface area contributed by atoms with Crippen LogP contribution in [0.5, 0.6) is 0 Å². The monoisotopic (exact) mass is 446 g/mol. The number of rotatable bonds is 6. The summed E-state index contributed by atoms with van der Waals surface area (Å²) >= 11 is 0. The standard InChI is InChI=1S/C20H22N4O6S/c1-20(16-8-5-11-30-16)18(26)24(19(27)22-20)13-17(25)21-14-6-4-7-15(12-14)31(28,29)23-9-2-3-10-23/h4-8,11-12H,2-3,9-10,13H2,1H3,(H,21,25)(H,22,27). The summed E-state index contributed by atoms with van der Waals surface area (Å²) in [5, 5.41) is 5.10. The molecule has 1 atom stereocenters. The van der Waals surface area contributed by atoms with Crippen molar-refractivity contribution in [3.05, 3.63) is 48.4 Å². The van der Waals surface area contributed by atoms with E-state index >= 15 is 0 Å². The average Bonchev–Trinajstić information content (AvgIpc) is 3.48. The fraction of sp³-hybridized carbons (Fsp3) is 0.350. The van der Waals surface area contributed by atoms with Gasteiger partial charge in [-0.05, 0) is 50.1 Å². The van der Waals surface area contributed by atoms with E-state index in [1.54, 1.807) is 18.2 Å². The third-order valence-corrected chi connectivity index (χ3v) is 7.31. The van der Waals surface area contributed by atoms with Gasteiger partial charge < -0.3 is 15.1 Å². The lowest BCUT2D eigenvalue weighted by Crippen LogP contribution is -2.41. The fourth-order valence-electron chi connectivity index (χ4n) is 3.73. The smallest absolute Gasteiger partial charge is 0.325 e. The molecule has 0 saturated carbocycles. The Morgan fingerprint density at radius 3 is 2.61 bits per heavy atom. The van der Waals surface area contributed by atoms with Gasteiger partial charge in [0.15, 0.2) is 5.54 Å². The zero-order valence-electron chi connectivity index (χ0n) is 16.8. The number of furan rings is 1. The average molecular weight is 446 g/mol. The zero-order valence-corrected chi connectivity index (χ0v) is 17.6. The Morgan fingerprint density at radius 2 is 1.94 bits per heavy atom. The highest BCUT2D eigenvalue weighted by Crippen LogP contribution is 2.29. The molecule has 31 heavy (non-hydrogen) atoms. The summed E-state index contributed by atoms with van der Waals surface area (Å²) in [5.74, 6) is -0.996. The summed E-state index contributed by atoms with van der Waals surface area (Å²) in [5.41, 5.74) is -1.14. The molecule has 4 amide bonds. The Balaban J connectivity index is 1.46. The number of carbonyl (C=O) groups excluding carboxylic acids is 3. The Labute approximate surface area is 179 Å². The van der Waals surface area contributed by atoms with Crippen LogP contribution in [0.25, 0.3) is 0 Å². The van der Waals surface area contributed by atoms with Crippen LogP contribution in [0.1, 0.15) is 25.5 Å². The Hall–Kier alpha value is -3.18. The van der Waals surface area contributed by atoms with Crippen LogP contribution in [0.4, 0.5) is 10.5 Å². The van der Waals surface area contributed by atoms with Gasteiger partial charge in [0.05, 0.1) is 11.2 Å². The van der Waals surface area contributed by atoms with E-state index in [1.165, 1.54) is 35.7 Å². The summed E-state index contributed by atoms with van der Waals surface area (Å²) in [6.45, 7) is 1.92. The summed E-state index contributed by atoms with van der Waals surface area (Å²) < 4.78 is 32.1. The van der Waals surface area contributed by atoms with Gasteiger partial charge in [-0.1, -0.05) is 6.07 Å². The number of imide groups is 1. The molecule has 164 valence electrons. The minimum Gasteiger partial charge on any atom is -0.466 e. The van der Waals surface area contributed by atoms with Gasteiger partial charge in [-0.3, -0.25) is 14.5 Å². The third kappa shape index (κ3) is 3.81. The van der Waals surface area contributed by atoms with Crippen molar-refractivity contribution >= 4 is 33.6 Å². The fourth-order valence-corrected chi connectivity index (χ4v) is 5.29. The number of carbonyl (C=O) groups is 3. The summed E-state index contributed by atoms with van der Waals surface area (Å²) in [4.78, 5) is 38.5. The van der Waals surface area contributed by atoms with Crippen LogP contribution in [-0.4, -0.2) is 55.1 Å². The van der Waals surface area contributed by atoms with Crippen molar-refractivity contribution in [1.29, 1.82) is 0 Å². The van der Waals surface area contributed by atoms with Crippen molar-refractivity contribution < 1.29 is 27.2 Å². The predicted molar refractivity (Wildman–Crippen MR) is 109 cm³/mol. The normalized spacial score (nSPS) is 22.0. The summed E-state index contributed by atoms with van der Waals surface area (Å²) in [6, 6.07) is 8.34. The second-order valence-electron chi connectivity index (χ2n) is 7.61. The highest BCUT2D eigenvalue weighted by Gasteiger charge is 2.51. The number of nitrogens with one attached hydrogen (secondary N) is 2. The molecule has 1 unspecified atom stereocenters. The minimum absolute atomic E-state index is 0.0765. The van der Waals surface area contributed by atoms with Gasteiger partial charge in [0.2, 0.25) is 15.9 Å². The van der Waals surface area contributed by atoms with Crippen LogP contribution >= 0.6 is 0 Å². The topological polar surface area (TPSA) is 129 Å². The molecule has 2 N–H and O–H groups in total. The number of amides is 4. The molecular formula is C20H22N4O6S. The van der Waals surface area contributed by atoms with Crippen LogP contribution in [0.3, 0.4) is 0 Å². The van der Waals surface area contributed by atoms with Gasteiger partial charge >= 0.3 is 6.03 Å². The number of nitrogens with zero attached hydrogens (tertiary/aromatic N) is 2. The van der Waals surface area contributed by atoms with Crippen LogP contribution < -0.4 is 10.6 Å². The van der Waals surface area contributed by atoms with Crippen molar-refractivity contribution in [1.82, 2.24) is 14.5 Å². The molecule has 0 aliphatic carbocycles. The maximum Gasteiger partial charge on any atom is 0.325 e. The molecule has 4 rings (SSSR count). The highest BCUT2D eigenvalue weighted by atomic mass is 32.2. The number of urea groups is 1. The molecule has 10 nitrogen and oxygen atoms in total. The number of hydrogen-bond acceptors (Lipinski definition) is 6. The van der Waals surface area contributed by atoms with Crippen molar-refractivity contribution in [2.45, 2.75) is 30.2 Å². The van der Waals surface area contributed by atoms with Gasteiger partial charge in [0.1, 0.15) is 12.3 Å². The van der Waals surface area contributed by atoms with Gasteiger partial charge in [0.25, 0.3) is 5.91 Å². The molecule has 1 aromatic carbocycles. The lowest BCUT2D eigenvalue weighted by atomic mass is 9.99. The van der Waals surface area contributed by atoms with E-state index in [0.29, 0.717) is 13.1 Å². The van der Waals surface area contributed by atoms with Gasteiger partial charge in [0, 0.05) is 18.8 Å². The number of sulfonamides is 1. The highest BCUT2D eigenvalue weighted by molar-refractivity contribution is 7.89. The summed E-state index contributed by atoms with van der Waals surface area (Å²) in [7, 11) is -3.63. The maximum atomic E-state index is 12.8. The molecule has 3 heterocycles. The van der Waals surface area contributed by atoms with E-state index < -0.39 is 40.0 Å². The second-order valence-corrected chi connectivity index (χ2v) is 9.55. The largest absolute Gasteiger partial charge is 0.466 e. The van der Waals surface area contributed by atoms with Crippen LogP contribution in [0.2, 0.25) is 0 Å². The van der Waals surface area contributed by atoms with Crippen LogP contribution in [0.15, 0.2) is 52.0 Å². The first-order chi connectivity index (χ1) is 14.7. The molecule has 0 radical (unpaired) electrons. The van der Waals surface area contributed by atoms with E-state index in [-0.39, 0.29) is 16.3 Å². The molecule has 11 heteroatoms. The first-order valence-corrected chi connectivity index (χ1v) is 11.2. The van der Waals surface area contributed by atoms with Crippen molar-refractivity contribution in [2.75, 3.05) is 25.0 Å². The molecule has 0 bridgehead atoms. The SMILES string of the molecule is CC1(c2ccco2)NC(=O)N(CC(=O)Nc2cccc(S(=O)(=O)N3CCCC3)c2)C1=O. The Kier molecular flexibility index (Phi) is 5.31. The molecule has 2 saturated heterocycles. The van der Waals surface area contributed by atoms with E-state index in [9.17, 15) is 22.8 Å². The van der Waals surface area contributed by atoms with Gasteiger partial charge in [-0.15, -0.1) is 0 Å². The Morgan fingerprint density at radius 1 is 1.19 bits per heavy atom. The molecule has 0 spiro atoms. The summed E-state index contributed by atoms with van der Waals surface area (Å²) in [6.07, 6.45) is 3.02. The molecule has 1 aromatic heterocycles. The van der Waals surface area contributed by atoms with Gasteiger partial charge in [-0.2, -0.15) is 4.31 Å². The molecule has 2 fully saturated rings. The van der Waals surface area contributed by atoms with Crippen LogP contribution in [0, 0.1) is 0 Å². The molecular weight excluding hydrogens is 424 g/mol. The quantitative estimate of drug-likeness (QED) is 0.647. The van der Waals surface area contributed by atoms with Crippen LogP contribution in [-0.2, 0) is 25.2 Å². The Bertz CT molecular complexity index is 1120. The molecule has 2 aliphatic heterocycles. The van der Waals surface area contributed by atoms with E-state index in [0.717, 1.165) is 17.7 Å². The van der Waals surface area contributed by atoms with Crippen molar-refractivity contribution in [3.63, 3.8) is 0 Å². The van der Waals surface area contributed by atoms with E-state index in [2.05, 4.69) is 10.6 Å². The van der Waals surface area contributed by atoms with E-state index in [4.69, 9.17) is 4.42 Å². The van der Waals surface area contributed by atoms with Gasteiger partial charge in [-0.25, -0.2) is 13.2 Å². The number of benzene rings is 1. The van der Waals surface area contributed by atoms with Crippen molar-refractivity contribution in [3.8, 4) is 0 Å². The van der Waals surface area contributed by atoms with E-state index in [1.807, 2.05) is 0 Å². The lowest BCUT2D eigenvalue weighted by molar-refractivity contribution is -0.134. The second kappa shape index (κ2) is 7.82. The molecule has 2 aliphatic rings. The number of hydrogen-bond donors (Lipinski definition) is 2. The maximum absolute atomic E-state index is 12.8. The lowest BCUT2D eigenvalue weighted by Gasteiger charge is -2.19. The number of anilines is 1. The third-order valence-electron chi connectivity index (χ3n) is 5.41. The van der Waals surface area contributed by atoms with Crippen molar-refractivity contribution in [2.24, 2.45) is 0 Å². The minimum atomic E-state index is -3.63.